The Hall–Kier alpha value is -2.68. The molecule has 2 aromatic rings. The molecule has 0 amide bonds. The first-order valence-corrected chi connectivity index (χ1v) is 6.40. The van der Waals surface area contributed by atoms with Crippen molar-refractivity contribution in [3.05, 3.63) is 48.0 Å². The lowest BCUT2D eigenvalue weighted by Crippen LogP contribution is -2.21. The number of nitrogens with zero attached hydrogens (tertiary/aromatic N) is 3. The smallest absolute Gasteiger partial charge is 0.171 e. The van der Waals surface area contributed by atoms with E-state index < -0.39 is 11.6 Å². The maximum atomic E-state index is 14.1. The van der Waals surface area contributed by atoms with E-state index in [0.717, 1.165) is 6.07 Å². The summed E-state index contributed by atoms with van der Waals surface area (Å²) < 4.78 is 27.6. The monoisotopic (exact) mass is 288 g/mol. The second kappa shape index (κ2) is 6.66. The van der Waals surface area contributed by atoms with Gasteiger partial charge in [-0.3, -0.25) is 0 Å². The molecule has 2 rings (SSSR count). The van der Waals surface area contributed by atoms with E-state index in [1.54, 1.807) is 29.2 Å². The molecule has 4 nitrogen and oxygen atoms in total. The van der Waals surface area contributed by atoms with Crippen LogP contribution in [0.4, 0.5) is 26.1 Å². The quantitative estimate of drug-likeness (QED) is 0.915. The number of benzene rings is 1. The number of pyridine rings is 1. The first-order valence-electron chi connectivity index (χ1n) is 6.40. The number of para-hydroxylation sites is 1. The van der Waals surface area contributed by atoms with Gasteiger partial charge in [-0.15, -0.1) is 0 Å². The van der Waals surface area contributed by atoms with Crippen LogP contribution >= 0.6 is 0 Å². The molecule has 1 heterocycles. The molecule has 0 atom stereocenters. The molecule has 0 fully saturated rings. The fraction of sp³-hybridized carbons (Fsp3) is 0.200. The predicted molar refractivity (Wildman–Crippen MR) is 77.4 cm³/mol. The van der Waals surface area contributed by atoms with Gasteiger partial charge in [0.25, 0.3) is 0 Å². The highest BCUT2D eigenvalue weighted by molar-refractivity contribution is 5.62. The van der Waals surface area contributed by atoms with E-state index in [4.69, 9.17) is 5.26 Å². The van der Waals surface area contributed by atoms with E-state index in [1.165, 1.54) is 7.05 Å². The molecule has 1 N–H and O–H groups in total. The van der Waals surface area contributed by atoms with Crippen LogP contribution in [0.3, 0.4) is 0 Å². The first-order chi connectivity index (χ1) is 10.2. The Morgan fingerprint density at radius 3 is 2.57 bits per heavy atom. The van der Waals surface area contributed by atoms with E-state index in [0.29, 0.717) is 5.69 Å². The highest BCUT2D eigenvalue weighted by Crippen LogP contribution is 2.28. The minimum Gasteiger partial charge on any atom is -0.371 e. The number of hydrogen-bond acceptors (Lipinski definition) is 4. The zero-order chi connectivity index (χ0) is 15.2. The second-order valence-corrected chi connectivity index (χ2v) is 4.27. The predicted octanol–water partition coefficient (Wildman–Crippen LogP) is 3.45. The van der Waals surface area contributed by atoms with Crippen LogP contribution in [0.1, 0.15) is 6.42 Å². The SMILES string of the molecule is CNc1nc(N(CCC#N)c2ccccc2)c(F)cc1F. The fourth-order valence-corrected chi connectivity index (χ4v) is 1.95. The molecule has 1 aromatic carbocycles. The van der Waals surface area contributed by atoms with Crippen LogP contribution in [-0.2, 0) is 0 Å². The van der Waals surface area contributed by atoms with Crippen LogP contribution < -0.4 is 10.2 Å². The van der Waals surface area contributed by atoms with Gasteiger partial charge in [-0.1, -0.05) is 18.2 Å². The Bertz CT molecular complexity index is 653. The third-order valence-corrected chi connectivity index (χ3v) is 2.92. The number of hydrogen-bond donors (Lipinski definition) is 1. The molecule has 108 valence electrons. The highest BCUT2D eigenvalue weighted by atomic mass is 19.1. The van der Waals surface area contributed by atoms with Crippen LogP contribution in [0.5, 0.6) is 0 Å². The van der Waals surface area contributed by atoms with Crippen molar-refractivity contribution in [3.63, 3.8) is 0 Å². The summed E-state index contributed by atoms with van der Waals surface area (Å²) in [7, 11) is 1.51. The summed E-state index contributed by atoms with van der Waals surface area (Å²) in [5, 5.41) is 11.3. The molecular formula is C15H14F2N4. The summed E-state index contributed by atoms with van der Waals surface area (Å²) in [6.45, 7) is 0.263. The van der Waals surface area contributed by atoms with Gasteiger partial charge in [0.15, 0.2) is 23.3 Å². The van der Waals surface area contributed by atoms with Crippen molar-refractivity contribution in [3.8, 4) is 6.07 Å². The average Bonchev–Trinajstić information content (AvgIpc) is 2.50. The van der Waals surface area contributed by atoms with Crippen LogP contribution in [0, 0.1) is 23.0 Å². The summed E-state index contributed by atoms with van der Waals surface area (Å²) in [5.74, 6) is -1.58. The van der Waals surface area contributed by atoms with Gasteiger partial charge < -0.3 is 10.2 Å². The lowest BCUT2D eigenvalue weighted by Gasteiger charge is -2.23. The van der Waals surface area contributed by atoms with E-state index in [1.807, 2.05) is 12.1 Å². The Morgan fingerprint density at radius 1 is 1.24 bits per heavy atom. The third-order valence-electron chi connectivity index (χ3n) is 2.92. The summed E-state index contributed by atoms with van der Waals surface area (Å²) in [5.41, 5.74) is 0.688. The number of nitriles is 1. The van der Waals surface area contributed by atoms with Crippen LogP contribution in [0.25, 0.3) is 0 Å². The zero-order valence-electron chi connectivity index (χ0n) is 11.5. The molecule has 0 aliphatic rings. The van der Waals surface area contributed by atoms with Gasteiger partial charge in [0.1, 0.15) is 0 Å². The van der Waals surface area contributed by atoms with Gasteiger partial charge in [-0.2, -0.15) is 5.26 Å². The van der Waals surface area contributed by atoms with E-state index in [9.17, 15) is 8.78 Å². The molecule has 1 aromatic heterocycles. The summed E-state index contributed by atoms with van der Waals surface area (Å²) in [4.78, 5) is 5.53. The van der Waals surface area contributed by atoms with Gasteiger partial charge in [-0.05, 0) is 12.1 Å². The fourth-order valence-electron chi connectivity index (χ4n) is 1.95. The number of aromatic nitrogens is 1. The lowest BCUT2D eigenvalue weighted by molar-refractivity contribution is 0.575. The van der Waals surface area contributed by atoms with Gasteiger partial charge in [0.05, 0.1) is 12.5 Å². The van der Waals surface area contributed by atoms with Crippen molar-refractivity contribution in [2.45, 2.75) is 6.42 Å². The van der Waals surface area contributed by atoms with Crippen LogP contribution in [0.15, 0.2) is 36.4 Å². The van der Waals surface area contributed by atoms with Crippen LogP contribution in [-0.4, -0.2) is 18.6 Å². The Balaban J connectivity index is 2.49. The normalized spacial score (nSPS) is 10.0. The molecular weight excluding hydrogens is 274 g/mol. The maximum absolute atomic E-state index is 14.1. The number of anilines is 3. The highest BCUT2D eigenvalue weighted by Gasteiger charge is 2.18. The second-order valence-electron chi connectivity index (χ2n) is 4.27. The van der Waals surface area contributed by atoms with E-state index in [-0.39, 0.29) is 24.6 Å². The summed E-state index contributed by atoms with van der Waals surface area (Å²) >= 11 is 0. The average molecular weight is 288 g/mol. The summed E-state index contributed by atoms with van der Waals surface area (Å²) in [6, 6.07) is 11.8. The molecule has 0 unspecified atom stereocenters. The third kappa shape index (κ3) is 3.26. The standard InChI is InChI=1S/C15H14F2N4/c1-19-14-12(16)10-13(17)15(20-14)21(9-5-8-18)11-6-3-2-4-7-11/h2-4,6-7,10H,5,9H2,1H3,(H,19,20). The number of nitrogens with one attached hydrogen (secondary N) is 1. The van der Waals surface area contributed by atoms with Crippen molar-refractivity contribution in [2.24, 2.45) is 0 Å². The summed E-state index contributed by atoms with van der Waals surface area (Å²) in [6.07, 6.45) is 0.197. The Kier molecular flexibility index (Phi) is 4.67. The van der Waals surface area contributed by atoms with Gasteiger partial charge in [0.2, 0.25) is 0 Å². The van der Waals surface area contributed by atoms with Gasteiger partial charge in [-0.25, -0.2) is 13.8 Å². The number of rotatable bonds is 5. The first kappa shape index (κ1) is 14.7. The molecule has 0 spiro atoms. The van der Waals surface area contributed by atoms with Gasteiger partial charge in [0, 0.05) is 25.3 Å². The van der Waals surface area contributed by atoms with Crippen molar-refractivity contribution >= 4 is 17.3 Å². The van der Waals surface area contributed by atoms with Crippen molar-refractivity contribution in [1.29, 1.82) is 5.26 Å². The minimum atomic E-state index is -0.770. The minimum absolute atomic E-state index is 0.0119. The van der Waals surface area contributed by atoms with Crippen molar-refractivity contribution in [1.82, 2.24) is 4.98 Å². The van der Waals surface area contributed by atoms with Crippen molar-refractivity contribution < 1.29 is 8.78 Å². The Labute approximate surface area is 121 Å². The molecule has 0 bridgehead atoms. The largest absolute Gasteiger partial charge is 0.371 e. The number of halogens is 2. The van der Waals surface area contributed by atoms with Crippen LogP contribution in [0.2, 0.25) is 0 Å². The topological polar surface area (TPSA) is 52.0 Å². The van der Waals surface area contributed by atoms with E-state index in [2.05, 4.69) is 10.3 Å². The molecule has 21 heavy (non-hydrogen) atoms. The van der Waals surface area contributed by atoms with E-state index >= 15 is 0 Å². The maximum Gasteiger partial charge on any atom is 0.171 e. The molecule has 0 aliphatic carbocycles. The lowest BCUT2D eigenvalue weighted by atomic mass is 10.2. The zero-order valence-corrected chi connectivity index (χ0v) is 11.5. The molecule has 0 radical (unpaired) electrons. The Morgan fingerprint density at radius 2 is 1.95 bits per heavy atom. The molecule has 0 saturated heterocycles. The molecule has 0 aliphatic heterocycles. The van der Waals surface area contributed by atoms with Gasteiger partial charge >= 0.3 is 0 Å². The van der Waals surface area contributed by atoms with Crippen molar-refractivity contribution in [2.75, 3.05) is 23.8 Å². The molecule has 6 heteroatoms. The molecule has 0 saturated carbocycles.